The van der Waals surface area contributed by atoms with Crippen LogP contribution in [0.25, 0.3) is 0 Å². The molecule has 1 fully saturated rings. The summed E-state index contributed by atoms with van der Waals surface area (Å²) in [5.74, 6) is -0.0986. The molecule has 0 aromatic heterocycles. The maximum Gasteiger partial charge on any atom is 0.244 e. The van der Waals surface area contributed by atoms with Crippen LogP contribution in [0.3, 0.4) is 0 Å². The Morgan fingerprint density at radius 3 is 2.89 bits per heavy atom. The van der Waals surface area contributed by atoms with E-state index < -0.39 is 0 Å². The maximum atomic E-state index is 11.9. The molecule has 1 aliphatic heterocycles. The lowest BCUT2D eigenvalue weighted by molar-refractivity contribution is -0.136. The number of nitrogen functional groups attached to an aromatic ring is 1. The van der Waals surface area contributed by atoms with Crippen molar-refractivity contribution in [3.8, 4) is 0 Å². The first-order chi connectivity index (χ1) is 9.06. The largest absolute Gasteiger partial charge is 0.399 e. The van der Waals surface area contributed by atoms with Gasteiger partial charge in [0.2, 0.25) is 11.8 Å². The van der Waals surface area contributed by atoms with Crippen LogP contribution < -0.4 is 11.1 Å². The van der Waals surface area contributed by atoms with E-state index in [-0.39, 0.29) is 18.4 Å². The van der Waals surface area contributed by atoms with Crippen molar-refractivity contribution in [3.05, 3.63) is 23.8 Å². The summed E-state index contributed by atoms with van der Waals surface area (Å²) in [5.41, 5.74) is 7.98. The van der Waals surface area contributed by atoms with Crippen molar-refractivity contribution in [1.29, 1.82) is 0 Å². The topological polar surface area (TPSA) is 75.4 Å². The molecular formula is C14H19N3O2. The van der Waals surface area contributed by atoms with Crippen molar-refractivity contribution in [2.75, 3.05) is 24.1 Å². The quantitative estimate of drug-likeness (QED) is 0.810. The molecule has 0 aliphatic carbocycles. The van der Waals surface area contributed by atoms with Crippen molar-refractivity contribution < 1.29 is 9.59 Å². The SMILES string of the molecule is Cc1cc(N)ccc1NC(=O)CN1CCCCC1=O. The number of hydrogen-bond acceptors (Lipinski definition) is 3. The summed E-state index contributed by atoms with van der Waals surface area (Å²) in [6.07, 6.45) is 2.45. The van der Waals surface area contributed by atoms with Gasteiger partial charge in [0.1, 0.15) is 0 Å². The van der Waals surface area contributed by atoms with Gasteiger partial charge in [0, 0.05) is 24.3 Å². The Labute approximate surface area is 112 Å². The molecule has 2 rings (SSSR count). The molecule has 0 unspecified atom stereocenters. The Bertz CT molecular complexity index is 499. The van der Waals surface area contributed by atoms with Crippen LogP contribution in [0.2, 0.25) is 0 Å². The minimum absolute atomic E-state index is 0.0652. The Kier molecular flexibility index (Phi) is 4.04. The Hall–Kier alpha value is -2.04. The van der Waals surface area contributed by atoms with Gasteiger partial charge < -0.3 is 16.0 Å². The third kappa shape index (κ3) is 3.47. The summed E-state index contributed by atoms with van der Waals surface area (Å²) < 4.78 is 0. The second kappa shape index (κ2) is 5.73. The molecule has 0 radical (unpaired) electrons. The predicted molar refractivity (Wildman–Crippen MR) is 74.7 cm³/mol. The highest BCUT2D eigenvalue weighted by molar-refractivity contribution is 5.95. The minimum Gasteiger partial charge on any atom is -0.399 e. The maximum absolute atomic E-state index is 11.9. The van der Waals surface area contributed by atoms with Crippen LogP contribution >= 0.6 is 0 Å². The van der Waals surface area contributed by atoms with Crippen LogP contribution in [-0.2, 0) is 9.59 Å². The fourth-order valence-corrected chi connectivity index (χ4v) is 2.22. The Balaban J connectivity index is 1.95. The van der Waals surface area contributed by atoms with Crippen LogP contribution in [-0.4, -0.2) is 29.8 Å². The van der Waals surface area contributed by atoms with Crippen LogP contribution in [0.5, 0.6) is 0 Å². The van der Waals surface area contributed by atoms with Crippen LogP contribution in [0.15, 0.2) is 18.2 Å². The van der Waals surface area contributed by atoms with Crippen LogP contribution in [0, 0.1) is 6.92 Å². The lowest BCUT2D eigenvalue weighted by atomic mass is 10.1. The molecule has 102 valence electrons. The van der Waals surface area contributed by atoms with Crippen LogP contribution in [0.4, 0.5) is 11.4 Å². The van der Waals surface area contributed by atoms with Crippen molar-refractivity contribution in [2.24, 2.45) is 0 Å². The number of amides is 2. The van der Waals surface area contributed by atoms with Gasteiger partial charge in [-0.25, -0.2) is 0 Å². The molecule has 19 heavy (non-hydrogen) atoms. The van der Waals surface area contributed by atoms with Crippen LogP contribution in [0.1, 0.15) is 24.8 Å². The Morgan fingerprint density at radius 2 is 2.21 bits per heavy atom. The van der Waals surface area contributed by atoms with Gasteiger partial charge in [-0.05, 0) is 43.5 Å². The summed E-state index contributed by atoms with van der Waals surface area (Å²) in [4.78, 5) is 25.2. The van der Waals surface area contributed by atoms with Gasteiger partial charge >= 0.3 is 0 Å². The summed E-state index contributed by atoms with van der Waals surface area (Å²) in [5, 5.41) is 2.82. The first kappa shape index (κ1) is 13.4. The molecule has 2 amide bonds. The van der Waals surface area contributed by atoms with E-state index in [4.69, 9.17) is 5.73 Å². The van der Waals surface area contributed by atoms with E-state index in [1.165, 1.54) is 0 Å². The van der Waals surface area contributed by atoms with E-state index in [9.17, 15) is 9.59 Å². The van der Waals surface area contributed by atoms with Gasteiger partial charge in [0.15, 0.2) is 0 Å². The summed E-state index contributed by atoms with van der Waals surface area (Å²) in [7, 11) is 0. The normalized spacial score (nSPS) is 15.4. The lowest BCUT2D eigenvalue weighted by Crippen LogP contribution is -2.40. The molecule has 0 bridgehead atoms. The lowest BCUT2D eigenvalue weighted by Gasteiger charge is -2.26. The third-order valence-corrected chi connectivity index (χ3v) is 3.28. The number of aryl methyl sites for hydroxylation is 1. The second-order valence-electron chi connectivity index (χ2n) is 4.89. The third-order valence-electron chi connectivity index (χ3n) is 3.28. The number of hydrogen-bond donors (Lipinski definition) is 2. The van der Waals surface area contributed by atoms with Crippen molar-refractivity contribution >= 4 is 23.2 Å². The minimum atomic E-state index is -0.164. The molecule has 1 heterocycles. The molecule has 0 atom stereocenters. The molecule has 1 aromatic carbocycles. The molecule has 1 saturated heterocycles. The smallest absolute Gasteiger partial charge is 0.244 e. The number of nitrogens with two attached hydrogens (primary N) is 1. The van der Waals surface area contributed by atoms with Gasteiger partial charge in [-0.15, -0.1) is 0 Å². The number of anilines is 2. The Morgan fingerprint density at radius 1 is 1.42 bits per heavy atom. The molecule has 0 saturated carbocycles. The van der Waals surface area contributed by atoms with Crippen molar-refractivity contribution in [1.82, 2.24) is 4.90 Å². The molecule has 1 aliphatic rings. The molecule has 3 N–H and O–H groups in total. The standard InChI is InChI=1S/C14H19N3O2/c1-10-8-11(15)5-6-12(10)16-13(18)9-17-7-3-2-4-14(17)19/h5-6,8H,2-4,7,9,15H2,1H3,(H,16,18). The second-order valence-corrected chi connectivity index (χ2v) is 4.89. The first-order valence-corrected chi connectivity index (χ1v) is 6.50. The summed E-state index contributed by atoms with van der Waals surface area (Å²) >= 11 is 0. The van der Waals surface area contributed by atoms with E-state index in [1.807, 2.05) is 13.0 Å². The number of piperidine rings is 1. The molecule has 0 spiro atoms. The van der Waals surface area contributed by atoms with E-state index in [2.05, 4.69) is 5.32 Å². The number of likely N-dealkylation sites (tertiary alicyclic amines) is 1. The van der Waals surface area contributed by atoms with E-state index in [0.29, 0.717) is 18.7 Å². The number of carbonyl (C=O) groups excluding carboxylic acids is 2. The van der Waals surface area contributed by atoms with Gasteiger partial charge in [0.25, 0.3) is 0 Å². The fourth-order valence-electron chi connectivity index (χ4n) is 2.22. The van der Waals surface area contributed by atoms with Crippen molar-refractivity contribution in [3.63, 3.8) is 0 Å². The number of rotatable bonds is 3. The zero-order valence-corrected chi connectivity index (χ0v) is 11.1. The summed E-state index contributed by atoms with van der Waals surface area (Å²) in [6, 6.07) is 5.33. The highest BCUT2D eigenvalue weighted by atomic mass is 16.2. The molecule has 1 aromatic rings. The molecular weight excluding hydrogens is 242 g/mol. The highest BCUT2D eigenvalue weighted by Gasteiger charge is 2.20. The van der Waals surface area contributed by atoms with E-state index >= 15 is 0 Å². The average Bonchev–Trinajstić information content (AvgIpc) is 2.36. The molecule has 5 heteroatoms. The first-order valence-electron chi connectivity index (χ1n) is 6.50. The average molecular weight is 261 g/mol. The zero-order chi connectivity index (χ0) is 13.8. The van der Waals surface area contributed by atoms with Crippen molar-refractivity contribution in [2.45, 2.75) is 26.2 Å². The van der Waals surface area contributed by atoms with Gasteiger partial charge in [-0.2, -0.15) is 0 Å². The number of nitrogens with one attached hydrogen (secondary N) is 1. The van der Waals surface area contributed by atoms with E-state index in [1.54, 1.807) is 17.0 Å². The van der Waals surface area contributed by atoms with Gasteiger partial charge in [0.05, 0.1) is 6.54 Å². The molecule has 5 nitrogen and oxygen atoms in total. The number of nitrogens with zero attached hydrogens (tertiary/aromatic N) is 1. The number of carbonyl (C=O) groups is 2. The van der Waals surface area contributed by atoms with Gasteiger partial charge in [-0.3, -0.25) is 9.59 Å². The fraction of sp³-hybridized carbons (Fsp3) is 0.429. The van der Waals surface area contributed by atoms with Gasteiger partial charge in [-0.1, -0.05) is 0 Å². The summed E-state index contributed by atoms with van der Waals surface area (Å²) in [6.45, 7) is 2.69. The number of benzene rings is 1. The highest BCUT2D eigenvalue weighted by Crippen LogP contribution is 2.18. The monoisotopic (exact) mass is 261 g/mol. The van der Waals surface area contributed by atoms with E-state index in [0.717, 1.165) is 24.1 Å². The zero-order valence-electron chi connectivity index (χ0n) is 11.1. The predicted octanol–water partition coefficient (Wildman–Crippen LogP) is 1.53.